The number of aromatic nitrogens is 5. The Balaban J connectivity index is 1.69. The molecule has 7 nitrogen and oxygen atoms in total. The summed E-state index contributed by atoms with van der Waals surface area (Å²) < 4.78 is 4.31. The topological polar surface area (TPSA) is 68.8 Å². The van der Waals surface area contributed by atoms with E-state index in [4.69, 9.17) is 0 Å². The van der Waals surface area contributed by atoms with Crippen molar-refractivity contribution < 1.29 is 4.79 Å². The molecule has 1 fully saturated rings. The van der Waals surface area contributed by atoms with E-state index in [2.05, 4.69) is 31.2 Å². The summed E-state index contributed by atoms with van der Waals surface area (Å²) in [7, 11) is 0. The van der Waals surface area contributed by atoms with Gasteiger partial charge in [0.15, 0.2) is 5.82 Å². The quantitative estimate of drug-likeness (QED) is 0.785. The number of imidazole rings is 1. The van der Waals surface area contributed by atoms with Gasteiger partial charge in [-0.2, -0.15) is 11.8 Å². The second kappa shape index (κ2) is 8.03. The number of rotatable bonds is 6. The molecule has 0 bridgehead atoms. The molecule has 2 aromatic rings. The Bertz CT molecular complexity index is 717. The standard InChI is InChI=1S/C17H26N6OS/c1-4-23-15(11-22-10-7-18-13(22)2)19-20-17(23)14-5-8-21(9-6-14)16(24)12-25-3/h7,10,14H,4-6,8-9,11-12H2,1-3H3. The summed E-state index contributed by atoms with van der Waals surface area (Å²) in [6.45, 7) is 7.31. The van der Waals surface area contributed by atoms with Crippen LogP contribution in [-0.2, 0) is 17.9 Å². The molecule has 0 aromatic carbocycles. The number of nitrogens with zero attached hydrogens (tertiary/aromatic N) is 6. The number of likely N-dealkylation sites (tertiary alicyclic amines) is 1. The Hall–Kier alpha value is -1.83. The predicted molar refractivity (Wildman–Crippen MR) is 98.7 cm³/mol. The molecular weight excluding hydrogens is 336 g/mol. The highest BCUT2D eigenvalue weighted by molar-refractivity contribution is 7.99. The molecule has 1 saturated heterocycles. The average Bonchev–Trinajstić information content (AvgIpc) is 3.22. The fourth-order valence-corrected chi connectivity index (χ4v) is 3.87. The number of hydrogen-bond acceptors (Lipinski definition) is 5. The van der Waals surface area contributed by atoms with Gasteiger partial charge < -0.3 is 14.0 Å². The zero-order chi connectivity index (χ0) is 17.8. The maximum atomic E-state index is 12.0. The minimum Gasteiger partial charge on any atom is -0.342 e. The van der Waals surface area contributed by atoms with Crippen molar-refractivity contribution in [1.29, 1.82) is 0 Å². The molecule has 0 N–H and O–H groups in total. The molecule has 1 aliphatic rings. The summed E-state index contributed by atoms with van der Waals surface area (Å²) in [4.78, 5) is 18.3. The molecule has 3 heterocycles. The van der Waals surface area contributed by atoms with Gasteiger partial charge in [0.2, 0.25) is 5.91 Å². The average molecular weight is 363 g/mol. The molecule has 1 amide bonds. The van der Waals surface area contributed by atoms with Crippen molar-refractivity contribution in [3.8, 4) is 0 Å². The molecule has 0 saturated carbocycles. The Morgan fingerprint density at radius 2 is 2.08 bits per heavy atom. The summed E-state index contributed by atoms with van der Waals surface area (Å²) in [5.74, 6) is 4.21. The van der Waals surface area contributed by atoms with Crippen molar-refractivity contribution in [2.24, 2.45) is 0 Å². The van der Waals surface area contributed by atoms with Gasteiger partial charge >= 0.3 is 0 Å². The van der Waals surface area contributed by atoms with Crippen molar-refractivity contribution in [3.05, 3.63) is 29.9 Å². The summed E-state index contributed by atoms with van der Waals surface area (Å²) in [6, 6.07) is 0. The Morgan fingerprint density at radius 1 is 1.32 bits per heavy atom. The number of carbonyl (C=O) groups excluding carboxylic acids is 1. The number of carbonyl (C=O) groups is 1. The lowest BCUT2D eigenvalue weighted by atomic mass is 9.96. The lowest BCUT2D eigenvalue weighted by molar-refractivity contribution is -0.129. The van der Waals surface area contributed by atoms with Gasteiger partial charge in [-0.15, -0.1) is 10.2 Å². The first-order valence-electron chi connectivity index (χ1n) is 8.80. The number of thioether (sulfide) groups is 1. The maximum Gasteiger partial charge on any atom is 0.232 e. The zero-order valence-corrected chi connectivity index (χ0v) is 16.0. The van der Waals surface area contributed by atoms with Crippen molar-refractivity contribution in [3.63, 3.8) is 0 Å². The van der Waals surface area contributed by atoms with Crippen LogP contribution in [0.5, 0.6) is 0 Å². The molecule has 136 valence electrons. The molecule has 25 heavy (non-hydrogen) atoms. The fraction of sp³-hybridized carbons (Fsp3) is 0.647. The van der Waals surface area contributed by atoms with E-state index in [1.807, 2.05) is 30.5 Å². The third-order valence-electron chi connectivity index (χ3n) is 4.89. The third kappa shape index (κ3) is 3.89. The van der Waals surface area contributed by atoms with Gasteiger partial charge in [-0.05, 0) is 32.9 Å². The van der Waals surface area contributed by atoms with Crippen LogP contribution in [0, 0.1) is 6.92 Å². The fourth-order valence-electron chi connectivity index (χ4n) is 3.44. The first-order valence-corrected chi connectivity index (χ1v) is 10.2. The first-order chi connectivity index (χ1) is 12.1. The maximum absolute atomic E-state index is 12.0. The summed E-state index contributed by atoms with van der Waals surface area (Å²) >= 11 is 1.59. The Labute approximate surface area is 152 Å². The molecule has 0 radical (unpaired) electrons. The van der Waals surface area contributed by atoms with E-state index in [1.54, 1.807) is 11.8 Å². The number of hydrogen-bond donors (Lipinski definition) is 0. The van der Waals surface area contributed by atoms with Crippen molar-refractivity contribution in [2.45, 2.75) is 45.7 Å². The number of aryl methyl sites for hydroxylation is 1. The molecule has 0 spiro atoms. The molecule has 0 unspecified atom stereocenters. The van der Waals surface area contributed by atoms with Gasteiger partial charge in [-0.1, -0.05) is 0 Å². The number of amides is 1. The van der Waals surface area contributed by atoms with Crippen LogP contribution in [0.15, 0.2) is 12.4 Å². The monoisotopic (exact) mass is 362 g/mol. The van der Waals surface area contributed by atoms with E-state index in [0.717, 1.165) is 49.9 Å². The van der Waals surface area contributed by atoms with Crippen LogP contribution >= 0.6 is 11.8 Å². The lowest BCUT2D eigenvalue weighted by Crippen LogP contribution is -2.39. The van der Waals surface area contributed by atoms with E-state index in [1.165, 1.54) is 0 Å². The zero-order valence-electron chi connectivity index (χ0n) is 15.2. The van der Waals surface area contributed by atoms with Gasteiger partial charge in [0.25, 0.3) is 0 Å². The van der Waals surface area contributed by atoms with E-state index in [-0.39, 0.29) is 5.91 Å². The van der Waals surface area contributed by atoms with E-state index in [9.17, 15) is 4.79 Å². The van der Waals surface area contributed by atoms with Crippen LogP contribution in [-0.4, -0.2) is 60.2 Å². The highest BCUT2D eigenvalue weighted by atomic mass is 32.2. The summed E-state index contributed by atoms with van der Waals surface area (Å²) in [5, 5.41) is 8.94. The summed E-state index contributed by atoms with van der Waals surface area (Å²) in [6.07, 6.45) is 7.67. The van der Waals surface area contributed by atoms with E-state index < -0.39 is 0 Å². The molecule has 1 aliphatic heterocycles. The van der Waals surface area contributed by atoms with E-state index >= 15 is 0 Å². The van der Waals surface area contributed by atoms with Crippen LogP contribution in [0.3, 0.4) is 0 Å². The first kappa shape index (κ1) is 18.0. The predicted octanol–water partition coefficient (Wildman–Crippen LogP) is 1.92. The molecule has 0 atom stereocenters. The molecule has 2 aromatic heterocycles. The van der Waals surface area contributed by atoms with E-state index in [0.29, 0.717) is 18.2 Å². The third-order valence-corrected chi connectivity index (χ3v) is 5.42. The van der Waals surface area contributed by atoms with Crippen LogP contribution < -0.4 is 0 Å². The minimum absolute atomic E-state index is 0.249. The number of piperidine rings is 1. The molecule has 0 aliphatic carbocycles. The van der Waals surface area contributed by atoms with Crippen molar-refractivity contribution in [2.75, 3.05) is 25.1 Å². The molecule has 8 heteroatoms. The highest BCUT2D eigenvalue weighted by Crippen LogP contribution is 2.27. The highest BCUT2D eigenvalue weighted by Gasteiger charge is 2.27. The van der Waals surface area contributed by atoms with Crippen molar-refractivity contribution >= 4 is 17.7 Å². The summed E-state index contributed by atoms with van der Waals surface area (Å²) in [5.41, 5.74) is 0. The Morgan fingerprint density at radius 3 is 2.68 bits per heavy atom. The molecular formula is C17H26N6OS. The van der Waals surface area contributed by atoms with Gasteiger partial charge in [0, 0.05) is 37.9 Å². The smallest absolute Gasteiger partial charge is 0.232 e. The SMILES string of the molecule is CCn1c(Cn2ccnc2C)nnc1C1CCN(C(=O)CSC)CC1. The van der Waals surface area contributed by atoms with Gasteiger partial charge in [-0.25, -0.2) is 4.98 Å². The Kier molecular flexibility index (Phi) is 5.78. The van der Waals surface area contributed by atoms with Gasteiger partial charge in [0.05, 0.1) is 12.3 Å². The van der Waals surface area contributed by atoms with Crippen molar-refractivity contribution in [1.82, 2.24) is 29.2 Å². The van der Waals surface area contributed by atoms with Crippen LogP contribution in [0.25, 0.3) is 0 Å². The normalized spacial score (nSPS) is 15.7. The minimum atomic E-state index is 0.249. The lowest BCUT2D eigenvalue weighted by Gasteiger charge is -2.31. The van der Waals surface area contributed by atoms with Crippen LogP contribution in [0.4, 0.5) is 0 Å². The molecule has 3 rings (SSSR count). The van der Waals surface area contributed by atoms with Gasteiger partial charge in [-0.3, -0.25) is 4.79 Å². The second-order valence-corrected chi connectivity index (χ2v) is 7.28. The largest absolute Gasteiger partial charge is 0.342 e. The van der Waals surface area contributed by atoms with Crippen LogP contribution in [0.1, 0.15) is 43.2 Å². The van der Waals surface area contributed by atoms with Crippen LogP contribution in [0.2, 0.25) is 0 Å². The second-order valence-electron chi connectivity index (χ2n) is 6.41. The van der Waals surface area contributed by atoms with Gasteiger partial charge in [0.1, 0.15) is 11.6 Å².